The first-order valence-corrected chi connectivity index (χ1v) is 1.46. The van der Waals surface area contributed by atoms with Crippen molar-refractivity contribution in [3.05, 3.63) is 10.1 Å². The molecule has 0 aromatic carbocycles. The van der Waals surface area contributed by atoms with E-state index in [0.29, 0.717) is 0 Å². The van der Waals surface area contributed by atoms with Crippen molar-refractivity contribution in [1.82, 2.24) is 0 Å². The van der Waals surface area contributed by atoms with Crippen LogP contribution in [0.1, 0.15) is 6.92 Å². The molecule has 0 unspecified atom stereocenters. The maximum absolute atomic E-state index is 9.59. The van der Waals surface area contributed by atoms with Crippen LogP contribution >= 0.6 is 12.4 Å². The molecule has 0 aromatic heterocycles. The Morgan fingerprint density at radius 1 is 1.75 bits per heavy atom. The molecule has 5 nitrogen and oxygen atoms in total. The molecular weight excluding hydrogens is 137 g/mol. The van der Waals surface area contributed by atoms with Gasteiger partial charge in [-0.25, -0.2) is 4.84 Å². The van der Waals surface area contributed by atoms with Crippen LogP contribution in [0.2, 0.25) is 0 Å². The van der Waals surface area contributed by atoms with Gasteiger partial charge in [0.25, 0.3) is 0 Å². The number of rotatable bonds is 1. The SMILES string of the molecule is CC(=O)O[N+](=O)[O-].Cl. The standard InChI is InChI=1S/C2H3NO4.ClH/c1-2(4)7-3(5)6;/h1H3;1H. The summed E-state index contributed by atoms with van der Waals surface area (Å²) in [5.74, 6) is -0.912. The third kappa shape index (κ3) is 8.94. The van der Waals surface area contributed by atoms with E-state index in [9.17, 15) is 14.9 Å². The molecule has 0 aliphatic rings. The highest BCUT2D eigenvalue weighted by Crippen LogP contribution is 1.72. The van der Waals surface area contributed by atoms with Gasteiger partial charge in [-0.2, -0.15) is 0 Å². The first-order chi connectivity index (χ1) is 3.13. The Kier molecular flexibility index (Phi) is 5.51. The molecule has 0 aliphatic heterocycles. The normalized spacial score (nSPS) is 6.62. The maximum atomic E-state index is 9.59. The molecule has 0 fully saturated rings. The van der Waals surface area contributed by atoms with Crippen molar-refractivity contribution in [3.8, 4) is 0 Å². The molecule has 48 valence electrons. The summed E-state index contributed by atoms with van der Waals surface area (Å²) in [7, 11) is 0. The van der Waals surface area contributed by atoms with Crippen LogP contribution in [0.4, 0.5) is 0 Å². The van der Waals surface area contributed by atoms with E-state index in [1.165, 1.54) is 0 Å². The predicted octanol–water partition coefficient (Wildman–Crippen LogP) is 0.163. The molecule has 0 atom stereocenters. The zero-order valence-corrected chi connectivity index (χ0v) is 4.80. The Morgan fingerprint density at radius 3 is 2.12 bits per heavy atom. The zero-order valence-electron chi connectivity index (χ0n) is 3.99. The van der Waals surface area contributed by atoms with Gasteiger partial charge < -0.3 is 0 Å². The second kappa shape index (κ2) is 4.32. The van der Waals surface area contributed by atoms with Crippen molar-refractivity contribution in [2.24, 2.45) is 0 Å². The topological polar surface area (TPSA) is 69.4 Å². The Morgan fingerprint density at radius 2 is 2.12 bits per heavy atom. The molecular formula is C2H4ClNO4. The summed E-state index contributed by atoms with van der Waals surface area (Å²) in [6.45, 7) is 0.961. The lowest BCUT2D eigenvalue weighted by atomic mass is 10.8. The minimum atomic E-state index is -1.15. The Balaban J connectivity index is 0. The average Bonchev–Trinajstić information content (AvgIpc) is 1.27. The fourth-order valence-electron chi connectivity index (χ4n) is 0.105. The first kappa shape index (κ1) is 10.2. The van der Waals surface area contributed by atoms with E-state index in [4.69, 9.17) is 0 Å². The summed E-state index contributed by atoms with van der Waals surface area (Å²) in [6.07, 6.45) is 0. The van der Waals surface area contributed by atoms with E-state index in [1.54, 1.807) is 0 Å². The third-order valence-electron chi connectivity index (χ3n) is 0.203. The van der Waals surface area contributed by atoms with E-state index < -0.39 is 11.1 Å². The largest absolute Gasteiger partial charge is 0.302 e. The van der Waals surface area contributed by atoms with Crippen LogP contribution < -0.4 is 0 Å². The Hall–Kier alpha value is -0.840. The van der Waals surface area contributed by atoms with Crippen LogP contribution in [-0.2, 0) is 9.63 Å². The van der Waals surface area contributed by atoms with Crippen LogP contribution in [0.5, 0.6) is 0 Å². The van der Waals surface area contributed by atoms with Crippen molar-refractivity contribution in [3.63, 3.8) is 0 Å². The highest BCUT2D eigenvalue weighted by atomic mass is 35.5. The molecule has 0 radical (unpaired) electrons. The van der Waals surface area contributed by atoms with Gasteiger partial charge >= 0.3 is 11.1 Å². The summed E-state index contributed by atoms with van der Waals surface area (Å²) in [6, 6.07) is 0. The first-order valence-electron chi connectivity index (χ1n) is 1.46. The quantitative estimate of drug-likeness (QED) is 0.385. The van der Waals surface area contributed by atoms with Gasteiger partial charge in [-0.15, -0.1) is 22.5 Å². The number of carbonyl (C=O) groups is 1. The molecule has 0 N–H and O–H groups in total. The summed E-state index contributed by atoms with van der Waals surface area (Å²) < 4.78 is 0. The number of hydrogen-bond acceptors (Lipinski definition) is 4. The number of hydrogen-bond donors (Lipinski definition) is 0. The number of nitrogens with zero attached hydrogens (tertiary/aromatic N) is 1. The van der Waals surface area contributed by atoms with E-state index in [-0.39, 0.29) is 12.4 Å². The van der Waals surface area contributed by atoms with Gasteiger partial charge in [0.05, 0.1) is 0 Å². The van der Waals surface area contributed by atoms with E-state index in [0.717, 1.165) is 6.92 Å². The molecule has 0 amide bonds. The lowest BCUT2D eigenvalue weighted by Gasteiger charge is -1.82. The zero-order chi connectivity index (χ0) is 5.86. The Bertz CT molecular complexity index is 90.2. The van der Waals surface area contributed by atoms with Crippen molar-refractivity contribution >= 4 is 18.4 Å². The fraction of sp³-hybridized carbons (Fsp3) is 0.500. The summed E-state index contributed by atoms with van der Waals surface area (Å²) in [5, 5.41) is 8.02. The van der Waals surface area contributed by atoms with Crippen molar-refractivity contribution in [1.29, 1.82) is 0 Å². The van der Waals surface area contributed by atoms with Gasteiger partial charge in [0.1, 0.15) is 0 Å². The van der Waals surface area contributed by atoms with Crippen LogP contribution in [0, 0.1) is 10.1 Å². The van der Waals surface area contributed by atoms with Gasteiger partial charge in [-0.1, -0.05) is 0 Å². The minimum absolute atomic E-state index is 0. The molecule has 0 saturated heterocycles. The average molecular weight is 142 g/mol. The lowest BCUT2D eigenvalue weighted by Crippen LogP contribution is -2.04. The van der Waals surface area contributed by atoms with Crippen molar-refractivity contribution in [2.75, 3.05) is 0 Å². The van der Waals surface area contributed by atoms with Gasteiger partial charge in [-0.05, 0) is 0 Å². The highest BCUT2D eigenvalue weighted by molar-refractivity contribution is 5.85. The lowest BCUT2D eigenvalue weighted by molar-refractivity contribution is -0.729. The minimum Gasteiger partial charge on any atom is -0.269 e. The van der Waals surface area contributed by atoms with E-state index in [1.807, 2.05) is 0 Å². The van der Waals surface area contributed by atoms with Gasteiger partial charge in [0.15, 0.2) is 0 Å². The predicted molar refractivity (Wildman–Crippen MR) is 26.0 cm³/mol. The highest BCUT2D eigenvalue weighted by Gasteiger charge is 1.95. The molecule has 0 aliphatic carbocycles. The molecule has 0 saturated carbocycles. The molecule has 0 spiro atoms. The van der Waals surface area contributed by atoms with Crippen molar-refractivity contribution < 1.29 is 14.7 Å². The Labute approximate surface area is 51.1 Å². The van der Waals surface area contributed by atoms with Gasteiger partial charge in [-0.3, -0.25) is 4.79 Å². The van der Waals surface area contributed by atoms with Crippen LogP contribution in [0.25, 0.3) is 0 Å². The molecule has 6 heteroatoms. The summed E-state index contributed by atoms with van der Waals surface area (Å²) in [5.41, 5.74) is 0. The fourth-order valence-corrected chi connectivity index (χ4v) is 0.105. The van der Waals surface area contributed by atoms with Crippen LogP contribution in [0.3, 0.4) is 0 Å². The molecule has 0 bridgehead atoms. The van der Waals surface area contributed by atoms with Crippen molar-refractivity contribution in [2.45, 2.75) is 6.92 Å². The molecule has 0 rings (SSSR count). The van der Waals surface area contributed by atoms with Crippen LogP contribution in [0.15, 0.2) is 0 Å². The second-order valence-electron chi connectivity index (χ2n) is 0.806. The number of carbonyl (C=O) groups excluding carboxylic acids is 1. The van der Waals surface area contributed by atoms with Gasteiger partial charge in [0, 0.05) is 6.92 Å². The number of halogens is 1. The molecule has 0 heterocycles. The molecule has 8 heavy (non-hydrogen) atoms. The maximum Gasteiger partial charge on any atom is 0.302 e. The molecule has 0 aromatic rings. The third-order valence-corrected chi connectivity index (χ3v) is 0.203. The van der Waals surface area contributed by atoms with E-state index in [2.05, 4.69) is 4.84 Å². The van der Waals surface area contributed by atoms with Crippen LogP contribution in [-0.4, -0.2) is 11.1 Å². The summed E-state index contributed by atoms with van der Waals surface area (Å²) in [4.78, 5) is 22.1. The second-order valence-corrected chi connectivity index (χ2v) is 0.806. The van der Waals surface area contributed by atoms with Gasteiger partial charge in [0.2, 0.25) is 0 Å². The smallest absolute Gasteiger partial charge is 0.269 e. The monoisotopic (exact) mass is 141 g/mol. The summed E-state index contributed by atoms with van der Waals surface area (Å²) >= 11 is 0. The van der Waals surface area contributed by atoms with E-state index >= 15 is 0 Å².